The summed E-state index contributed by atoms with van der Waals surface area (Å²) in [4.78, 5) is 4.56. The third-order valence-electron chi connectivity index (χ3n) is 2.64. The number of rotatable bonds is 3. The molecule has 4 heteroatoms. The van der Waals surface area contributed by atoms with Crippen molar-refractivity contribution in [3.8, 4) is 0 Å². The number of hydrogen-bond acceptors (Lipinski definition) is 3. The van der Waals surface area contributed by atoms with E-state index in [2.05, 4.69) is 56.7 Å². The number of halogens is 1. The maximum Gasteiger partial charge on any atom is 0.114 e. The first-order valence-electron chi connectivity index (χ1n) is 5.47. The van der Waals surface area contributed by atoms with E-state index in [0.29, 0.717) is 0 Å². The van der Waals surface area contributed by atoms with Crippen LogP contribution in [0.15, 0.2) is 28.1 Å². The smallest absolute Gasteiger partial charge is 0.114 e. The van der Waals surface area contributed by atoms with Crippen LogP contribution in [0.4, 0.5) is 0 Å². The van der Waals surface area contributed by atoms with Crippen molar-refractivity contribution in [3.05, 3.63) is 49.9 Å². The fourth-order valence-corrected chi connectivity index (χ4v) is 3.43. The predicted molar refractivity (Wildman–Crippen MR) is 76.6 cm³/mol. The van der Waals surface area contributed by atoms with E-state index < -0.39 is 0 Å². The van der Waals surface area contributed by atoms with Crippen LogP contribution >= 0.6 is 27.3 Å². The first kappa shape index (κ1) is 12.7. The van der Waals surface area contributed by atoms with Gasteiger partial charge in [-0.15, -0.1) is 11.3 Å². The van der Waals surface area contributed by atoms with Crippen LogP contribution in [0.1, 0.15) is 27.9 Å². The Balaban J connectivity index is 2.42. The van der Waals surface area contributed by atoms with Gasteiger partial charge in [-0.1, -0.05) is 28.1 Å². The maximum absolute atomic E-state index is 4.56. The summed E-state index contributed by atoms with van der Waals surface area (Å²) in [7, 11) is 1.97. The predicted octanol–water partition coefficient (Wildman–Crippen LogP) is 3.83. The molecule has 0 bridgehead atoms. The van der Waals surface area contributed by atoms with Crippen LogP contribution < -0.4 is 5.32 Å². The lowest BCUT2D eigenvalue weighted by Crippen LogP contribution is -2.18. The number of aryl methyl sites for hydroxylation is 2. The SMILES string of the molecule is CNC(c1nc(C)cs1)c1ccc(C)cc1Br. The van der Waals surface area contributed by atoms with Gasteiger partial charge in [0.2, 0.25) is 0 Å². The highest BCUT2D eigenvalue weighted by molar-refractivity contribution is 9.10. The minimum atomic E-state index is 0.156. The molecule has 90 valence electrons. The van der Waals surface area contributed by atoms with Crippen molar-refractivity contribution in [2.45, 2.75) is 19.9 Å². The van der Waals surface area contributed by atoms with E-state index in [0.717, 1.165) is 15.2 Å². The maximum atomic E-state index is 4.56. The van der Waals surface area contributed by atoms with Crippen molar-refractivity contribution in [1.82, 2.24) is 10.3 Å². The summed E-state index contributed by atoms with van der Waals surface area (Å²) in [6.45, 7) is 4.12. The van der Waals surface area contributed by atoms with E-state index in [1.807, 2.05) is 14.0 Å². The first-order valence-corrected chi connectivity index (χ1v) is 7.14. The van der Waals surface area contributed by atoms with Crippen LogP contribution in [-0.4, -0.2) is 12.0 Å². The van der Waals surface area contributed by atoms with Crippen molar-refractivity contribution in [1.29, 1.82) is 0 Å². The lowest BCUT2D eigenvalue weighted by Gasteiger charge is -2.16. The van der Waals surface area contributed by atoms with Crippen molar-refractivity contribution in [2.75, 3.05) is 7.05 Å². The number of benzene rings is 1. The molecular weight excluding hydrogens is 296 g/mol. The Hall–Kier alpha value is -0.710. The van der Waals surface area contributed by atoms with Gasteiger partial charge >= 0.3 is 0 Å². The number of hydrogen-bond donors (Lipinski definition) is 1. The molecule has 17 heavy (non-hydrogen) atoms. The molecule has 2 rings (SSSR count). The molecule has 1 aromatic carbocycles. The Kier molecular flexibility index (Phi) is 3.97. The lowest BCUT2D eigenvalue weighted by atomic mass is 10.1. The van der Waals surface area contributed by atoms with Gasteiger partial charge in [0.15, 0.2) is 0 Å². The molecule has 0 aliphatic carbocycles. The normalized spacial score (nSPS) is 12.7. The molecule has 1 heterocycles. The zero-order valence-electron chi connectivity index (χ0n) is 10.1. The molecule has 0 aliphatic rings. The molecular formula is C13H15BrN2S. The molecule has 1 aromatic heterocycles. The van der Waals surface area contributed by atoms with Gasteiger partial charge < -0.3 is 5.32 Å². The summed E-state index contributed by atoms with van der Waals surface area (Å²) in [5.74, 6) is 0. The summed E-state index contributed by atoms with van der Waals surface area (Å²) < 4.78 is 1.13. The van der Waals surface area contributed by atoms with Crippen molar-refractivity contribution >= 4 is 27.3 Å². The van der Waals surface area contributed by atoms with E-state index in [-0.39, 0.29) is 6.04 Å². The van der Waals surface area contributed by atoms with Crippen molar-refractivity contribution < 1.29 is 0 Å². The van der Waals surface area contributed by atoms with Gasteiger partial charge in [0.1, 0.15) is 5.01 Å². The topological polar surface area (TPSA) is 24.9 Å². The van der Waals surface area contributed by atoms with E-state index >= 15 is 0 Å². The molecule has 1 atom stereocenters. The van der Waals surface area contributed by atoms with Crippen molar-refractivity contribution in [2.24, 2.45) is 0 Å². The van der Waals surface area contributed by atoms with Gasteiger partial charge in [-0.25, -0.2) is 4.98 Å². The summed E-state index contributed by atoms with van der Waals surface area (Å²) >= 11 is 5.33. The summed E-state index contributed by atoms with van der Waals surface area (Å²) in [5.41, 5.74) is 3.56. The summed E-state index contributed by atoms with van der Waals surface area (Å²) in [6, 6.07) is 6.58. The standard InChI is InChI=1S/C13H15BrN2S/c1-8-4-5-10(11(14)6-8)12(15-3)13-16-9(2)7-17-13/h4-7,12,15H,1-3H3. The van der Waals surface area contributed by atoms with Crippen LogP contribution in [0.5, 0.6) is 0 Å². The highest BCUT2D eigenvalue weighted by atomic mass is 79.9. The molecule has 1 unspecified atom stereocenters. The van der Waals surface area contributed by atoms with E-state index in [1.165, 1.54) is 11.1 Å². The van der Waals surface area contributed by atoms with E-state index in [1.54, 1.807) is 11.3 Å². The van der Waals surface area contributed by atoms with Gasteiger partial charge in [-0.2, -0.15) is 0 Å². The average Bonchev–Trinajstić information content (AvgIpc) is 2.69. The van der Waals surface area contributed by atoms with Crippen LogP contribution in [0.2, 0.25) is 0 Å². The summed E-state index contributed by atoms with van der Waals surface area (Å²) in [5, 5.41) is 6.52. The third-order valence-corrected chi connectivity index (χ3v) is 4.35. The number of nitrogens with one attached hydrogen (secondary N) is 1. The molecule has 0 radical (unpaired) electrons. The molecule has 0 saturated carbocycles. The van der Waals surface area contributed by atoms with Crippen molar-refractivity contribution in [3.63, 3.8) is 0 Å². The van der Waals surface area contributed by atoms with Gasteiger partial charge in [0, 0.05) is 15.5 Å². The minimum absolute atomic E-state index is 0.156. The zero-order valence-corrected chi connectivity index (χ0v) is 12.5. The first-order chi connectivity index (χ1) is 8.11. The Morgan fingerprint density at radius 2 is 2.12 bits per heavy atom. The second-order valence-electron chi connectivity index (χ2n) is 4.07. The molecule has 0 saturated heterocycles. The minimum Gasteiger partial charge on any atom is -0.307 e. The third kappa shape index (κ3) is 2.76. The Morgan fingerprint density at radius 3 is 2.65 bits per heavy atom. The average molecular weight is 311 g/mol. The molecule has 0 spiro atoms. The number of thiazole rings is 1. The molecule has 2 nitrogen and oxygen atoms in total. The Morgan fingerprint density at radius 1 is 1.35 bits per heavy atom. The second-order valence-corrected chi connectivity index (χ2v) is 5.82. The van der Waals surface area contributed by atoms with Gasteiger partial charge in [-0.3, -0.25) is 0 Å². The van der Waals surface area contributed by atoms with E-state index in [4.69, 9.17) is 0 Å². The zero-order chi connectivity index (χ0) is 12.4. The molecule has 0 fully saturated rings. The van der Waals surface area contributed by atoms with Crippen LogP contribution in [-0.2, 0) is 0 Å². The fourth-order valence-electron chi connectivity index (χ4n) is 1.78. The largest absolute Gasteiger partial charge is 0.307 e. The van der Waals surface area contributed by atoms with Gasteiger partial charge in [-0.05, 0) is 38.1 Å². The van der Waals surface area contributed by atoms with Gasteiger partial charge in [0.05, 0.1) is 6.04 Å². The lowest BCUT2D eigenvalue weighted by molar-refractivity contribution is 0.682. The molecule has 0 aliphatic heterocycles. The fraction of sp³-hybridized carbons (Fsp3) is 0.308. The molecule has 0 amide bonds. The highest BCUT2D eigenvalue weighted by Gasteiger charge is 2.17. The number of aromatic nitrogens is 1. The van der Waals surface area contributed by atoms with Crippen LogP contribution in [0.3, 0.4) is 0 Å². The van der Waals surface area contributed by atoms with Crippen LogP contribution in [0.25, 0.3) is 0 Å². The van der Waals surface area contributed by atoms with Gasteiger partial charge in [0.25, 0.3) is 0 Å². The summed E-state index contributed by atoms with van der Waals surface area (Å²) in [6.07, 6.45) is 0. The highest BCUT2D eigenvalue weighted by Crippen LogP contribution is 2.30. The second kappa shape index (κ2) is 5.29. The van der Waals surface area contributed by atoms with Crippen LogP contribution in [0, 0.1) is 13.8 Å². The Labute approximate surface area is 114 Å². The number of nitrogens with zero attached hydrogens (tertiary/aromatic N) is 1. The Bertz CT molecular complexity index is 522. The van der Waals surface area contributed by atoms with E-state index in [9.17, 15) is 0 Å². The molecule has 2 aromatic rings. The quantitative estimate of drug-likeness (QED) is 0.932. The monoisotopic (exact) mass is 310 g/mol. The molecule has 1 N–H and O–H groups in total.